The molecule has 0 unspecified atom stereocenters. The van der Waals surface area contributed by atoms with E-state index in [0.717, 1.165) is 11.1 Å². The second-order valence-electron chi connectivity index (χ2n) is 11.0. The monoisotopic (exact) mass is 559 g/mol. The van der Waals surface area contributed by atoms with Crippen LogP contribution in [0.5, 0.6) is 0 Å². The lowest BCUT2D eigenvalue weighted by Crippen LogP contribution is -2.67. The van der Waals surface area contributed by atoms with Crippen LogP contribution >= 0.6 is 0 Å². The third kappa shape index (κ3) is 7.93. The SMILES string of the molecule is COC(=O)[C@H](C/C(C)=C/[C@@H](C)O[Si](c1ccccc1)(c1ccccc1)C(C)(C)C)NC(=O)OCc1ccccc1. The summed E-state index contributed by atoms with van der Waals surface area (Å²) in [5.74, 6) is -0.537. The number of rotatable bonds is 11. The van der Waals surface area contributed by atoms with Crippen LogP contribution in [-0.2, 0) is 25.3 Å². The number of ether oxygens (including phenoxy) is 2. The molecule has 2 atom stereocenters. The molecule has 0 aliphatic heterocycles. The summed E-state index contributed by atoms with van der Waals surface area (Å²) >= 11 is 0. The third-order valence-corrected chi connectivity index (χ3v) is 11.9. The predicted octanol–water partition coefficient (Wildman–Crippen LogP) is 5.76. The molecule has 1 amide bonds. The Kier molecular flexibility index (Phi) is 10.9. The van der Waals surface area contributed by atoms with Gasteiger partial charge in [0.25, 0.3) is 8.32 Å². The second-order valence-corrected chi connectivity index (χ2v) is 15.2. The Balaban J connectivity index is 1.80. The minimum absolute atomic E-state index is 0.110. The van der Waals surface area contributed by atoms with Gasteiger partial charge >= 0.3 is 12.1 Å². The zero-order valence-corrected chi connectivity index (χ0v) is 25.3. The Hall–Kier alpha value is -3.68. The largest absolute Gasteiger partial charge is 0.467 e. The lowest BCUT2D eigenvalue weighted by molar-refractivity contribution is -0.143. The van der Waals surface area contributed by atoms with Gasteiger partial charge in [-0.3, -0.25) is 0 Å². The van der Waals surface area contributed by atoms with Gasteiger partial charge in [0, 0.05) is 0 Å². The van der Waals surface area contributed by atoms with Crippen molar-refractivity contribution in [3.8, 4) is 0 Å². The molecule has 7 heteroatoms. The molecule has 0 aliphatic carbocycles. The third-order valence-electron chi connectivity index (χ3n) is 6.82. The van der Waals surface area contributed by atoms with Crippen molar-refractivity contribution < 1.29 is 23.5 Å². The quantitative estimate of drug-likeness (QED) is 0.184. The summed E-state index contributed by atoms with van der Waals surface area (Å²) in [7, 11) is -1.44. The number of esters is 1. The van der Waals surface area contributed by atoms with Gasteiger partial charge in [-0.05, 0) is 41.2 Å². The molecular weight excluding hydrogens is 518 g/mol. The first-order valence-corrected chi connectivity index (χ1v) is 15.5. The lowest BCUT2D eigenvalue weighted by atomic mass is 10.1. The molecule has 0 fully saturated rings. The van der Waals surface area contributed by atoms with E-state index in [4.69, 9.17) is 13.9 Å². The topological polar surface area (TPSA) is 73.9 Å². The summed E-state index contributed by atoms with van der Waals surface area (Å²) in [4.78, 5) is 25.0. The highest BCUT2D eigenvalue weighted by Crippen LogP contribution is 2.37. The molecular formula is C33H41NO5Si. The van der Waals surface area contributed by atoms with Gasteiger partial charge in [-0.2, -0.15) is 0 Å². The zero-order valence-electron chi connectivity index (χ0n) is 24.3. The highest BCUT2D eigenvalue weighted by atomic mass is 28.4. The van der Waals surface area contributed by atoms with E-state index < -0.39 is 26.4 Å². The zero-order chi connectivity index (χ0) is 29.2. The van der Waals surface area contributed by atoms with Crippen molar-refractivity contribution in [2.45, 2.75) is 64.8 Å². The number of nitrogens with one attached hydrogen (secondary N) is 1. The highest BCUT2D eigenvalue weighted by molar-refractivity contribution is 6.99. The van der Waals surface area contributed by atoms with E-state index in [1.165, 1.54) is 17.5 Å². The van der Waals surface area contributed by atoms with E-state index >= 15 is 0 Å². The second kappa shape index (κ2) is 14.1. The maximum atomic E-state index is 12.5. The number of amides is 1. The molecule has 1 N–H and O–H groups in total. The molecule has 0 saturated carbocycles. The fourth-order valence-electron chi connectivity index (χ4n) is 5.04. The number of methoxy groups -OCH3 is 1. The van der Waals surface area contributed by atoms with E-state index in [1.54, 1.807) is 0 Å². The molecule has 40 heavy (non-hydrogen) atoms. The standard InChI is InChI=1S/C33H41NO5Si/c1-25(23-30(31(35)37-6)34-32(36)38-24-27-16-10-7-11-17-27)22-26(2)39-40(33(3,4)5,28-18-12-8-13-19-28)29-20-14-9-15-21-29/h7-22,26,30H,23-24H2,1-6H3,(H,34,36)/b25-22+/t26-,30+/m1/s1. The molecule has 0 spiro atoms. The molecule has 3 rings (SSSR count). The van der Waals surface area contributed by atoms with Crippen LogP contribution in [0.1, 0.15) is 46.6 Å². The highest BCUT2D eigenvalue weighted by Gasteiger charge is 2.50. The first-order valence-electron chi connectivity index (χ1n) is 13.6. The van der Waals surface area contributed by atoms with Crippen LogP contribution in [0.2, 0.25) is 5.04 Å². The number of carbonyl (C=O) groups excluding carboxylic acids is 2. The number of alkyl carbamates (subject to hydrolysis) is 1. The van der Waals surface area contributed by atoms with Crippen LogP contribution in [0, 0.1) is 0 Å². The van der Waals surface area contributed by atoms with Crippen molar-refractivity contribution in [3.05, 3.63) is 108 Å². The Morgan fingerprint density at radius 2 is 1.38 bits per heavy atom. The summed E-state index contributed by atoms with van der Waals surface area (Å²) in [5.41, 5.74) is 1.75. The van der Waals surface area contributed by atoms with Crippen LogP contribution in [0.15, 0.2) is 103 Å². The molecule has 6 nitrogen and oxygen atoms in total. The van der Waals surface area contributed by atoms with E-state index in [9.17, 15) is 9.59 Å². The van der Waals surface area contributed by atoms with Crippen molar-refractivity contribution in [1.29, 1.82) is 0 Å². The normalized spacial score (nSPS) is 13.7. The Morgan fingerprint density at radius 1 is 0.875 bits per heavy atom. The van der Waals surface area contributed by atoms with Crippen molar-refractivity contribution in [3.63, 3.8) is 0 Å². The fraction of sp³-hybridized carbons (Fsp3) is 0.333. The minimum Gasteiger partial charge on any atom is -0.467 e. The summed E-state index contributed by atoms with van der Waals surface area (Å²) in [6.45, 7) is 10.8. The molecule has 0 aromatic heterocycles. The van der Waals surface area contributed by atoms with Crippen molar-refractivity contribution in [2.24, 2.45) is 0 Å². The fourth-order valence-corrected chi connectivity index (χ4v) is 9.68. The first-order chi connectivity index (χ1) is 19.1. The molecule has 0 heterocycles. The number of hydrogen-bond donors (Lipinski definition) is 1. The summed E-state index contributed by atoms with van der Waals surface area (Å²) < 4.78 is 17.4. The minimum atomic E-state index is -2.74. The summed E-state index contributed by atoms with van der Waals surface area (Å²) in [6, 6.07) is 29.4. The van der Waals surface area contributed by atoms with Crippen LogP contribution in [0.3, 0.4) is 0 Å². The average molecular weight is 560 g/mol. The average Bonchev–Trinajstić information content (AvgIpc) is 2.94. The number of carbonyl (C=O) groups is 2. The van der Waals surface area contributed by atoms with Crippen molar-refractivity contribution >= 4 is 30.8 Å². The summed E-state index contributed by atoms with van der Waals surface area (Å²) in [5, 5.41) is 4.89. The van der Waals surface area contributed by atoms with Crippen molar-refractivity contribution in [2.75, 3.05) is 7.11 Å². The maximum Gasteiger partial charge on any atom is 0.408 e. The van der Waals surface area contributed by atoms with Crippen LogP contribution in [0.4, 0.5) is 4.79 Å². The predicted molar refractivity (Wildman–Crippen MR) is 162 cm³/mol. The van der Waals surface area contributed by atoms with E-state index in [2.05, 4.69) is 74.6 Å². The van der Waals surface area contributed by atoms with Gasteiger partial charge in [0.05, 0.1) is 13.2 Å². The molecule has 3 aromatic rings. The first kappa shape index (κ1) is 30.9. The Labute approximate surface area is 239 Å². The summed E-state index contributed by atoms with van der Waals surface area (Å²) in [6.07, 6.45) is 1.35. The number of benzene rings is 3. The van der Waals surface area contributed by atoms with Gasteiger partial charge in [0.1, 0.15) is 12.6 Å². The van der Waals surface area contributed by atoms with E-state index in [1.807, 2.05) is 62.4 Å². The van der Waals surface area contributed by atoms with Crippen LogP contribution in [-0.4, -0.2) is 39.6 Å². The molecule has 0 aliphatic rings. The Bertz CT molecular complexity index is 1220. The van der Waals surface area contributed by atoms with Gasteiger partial charge in [0.15, 0.2) is 0 Å². The van der Waals surface area contributed by atoms with Crippen LogP contribution < -0.4 is 15.7 Å². The lowest BCUT2D eigenvalue weighted by Gasteiger charge is -2.44. The van der Waals surface area contributed by atoms with Gasteiger partial charge in [0.2, 0.25) is 0 Å². The molecule has 212 valence electrons. The van der Waals surface area contributed by atoms with Crippen molar-refractivity contribution in [1.82, 2.24) is 5.32 Å². The van der Waals surface area contributed by atoms with Crippen LogP contribution in [0.25, 0.3) is 0 Å². The Morgan fingerprint density at radius 3 is 1.85 bits per heavy atom. The molecule has 0 saturated heterocycles. The van der Waals surface area contributed by atoms with Gasteiger partial charge in [-0.1, -0.05) is 123 Å². The molecule has 3 aromatic carbocycles. The molecule has 0 bridgehead atoms. The number of hydrogen-bond acceptors (Lipinski definition) is 5. The van der Waals surface area contributed by atoms with E-state index in [-0.39, 0.29) is 24.2 Å². The van der Waals surface area contributed by atoms with Gasteiger partial charge in [-0.15, -0.1) is 0 Å². The smallest absolute Gasteiger partial charge is 0.408 e. The maximum absolute atomic E-state index is 12.5. The van der Waals surface area contributed by atoms with Gasteiger partial charge in [-0.25, -0.2) is 9.59 Å². The molecule has 0 radical (unpaired) electrons. The van der Waals surface area contributed by atoms with Gasteiger partial charge < -0.3 is 19.2 Å². The van der Waals surface area contributed by atoms with E-state index in [0.29, 0.717) is 0 Å².